The molecular formula is C18H26O. The van der Waals surface area contributed by atoms with Crippen LogP contribution in [0.1, 0.15) is 69.4 Å². The van der Waals surface area contributed by atoms with E-state index in [1.165, 1.54) is 36.8 Å². The van der Waals surface area contributed by atoms with Crippen LogP contribution in [0.25, 0.3) is 0 Å². The van der Waals surface area contributed by atoms with Crippen molar-refractivity contribution in [3.8, 4) is 0 Å². The molecule has 1 saturated carbocycles. The van der Waals surface area contributed by atoms with Crippen LogP contribution in [-0.4, -0.2) is 5.78 Å². The van der Waals surface area contributed by atoms with E-state index in [1.807, 2.05) is 0 Å². The topological polar surface area (TPSA) is 17.1 Å². The van der Waals surface area contributed by atoms with Crippen LogP contribution in [0.15, 0.2) is 24.3 Å². The van der Waals surface area contributed by atoms with Crippen LogP contribution in [0.3, 0.4) is 0 Å². The molecule has 19 heavy (non-hydrogen) atoms. The molecule has 1 heteroatoms. The monoisotopic (exact) mass is 258 g/mol. The fourth-order valence-corrected chi connectivity index (χ4v) is 3.17. The predicted octanol–water partition coefficient (Wildman–Crippen LogP) is 4.89. The number of Topliss-reactive ketones (excluding diaryl/α,β-unsaturated/α-hetero) is 1. The summed E-state index contributed by atoms with van der Waals surface area (Å²) in [5, 5.41) is 0. The second kappa shape index (κ2) is 6.88. The Bertz CT molecular complexity index is 404. The maximum absolute atomic E-state index is 12.3. The van der Waals surface area contributed by atoms with E-state index in [-0.39, 0.29) is 5.92 Å². The van der Waals surface area contributed by atoms with Crippen LogP contribution in [0.5, 0.6) is 0 Å². The molecule has 1 aliphatic rings. The number of carbonyl (C=O) groups excluding carboxylic acids is 1. The zero-order valence-corrected chi connectivity index (χ0v) is 12.3. The Morgan fingerprint density at radius 1 is 1.11 bits per heavy atom. The van der Waals surface area contributed by atoms with Gasteiger partial charge < -0.3 is 0 Å². The van der Waals surface area contributed by atoms with Gasteiger partial charge in [-0.2, -0.15) is 0 Å². The molecule has 0 unspecified atom stereocenters. The lowest BCUT2D eigenvalue weighted by molar-refractivity contribution is -0.123. The summed E-state index contributed by atoms with van der Waals surface area (Å²) in [5.74, 6) is 1.29. The van der Waals surface area contributed by atoms with Crippen LogP contribution >= 0.6 is 0 Å². The minimum absolute atomic E-state index is 0.170. The molecule has 1 nitrogen and oxygen atoms in total. The molecule has 0 bridgehead atoms. The van der Waals surface area contributed by atoms with E-state index in [4.69, 9.17) is 0 Å². The van der Waals surface area contributed by atoms with E-state index in [0.29, 0.717) is 11.7 Å². The Balaban J connectivity index is 1.97. The molecule has 0 aromatic heterocycles. The molecule has 1 aromatic rings. The van der Waals surface area contributed by atoms with Gasteiger partial charge >= 0.3 is 0 Å². The highest BCUT2D eigenvalue weighted by atomic mass is 16.1. The molecule has 0 N–H and O–H groups in total. The molecule has 0 saturated heterocycles. The normalized spacial score (nSPS) is 23.6. The SMILES string of the molecule is CCCC[C@@H]1CC[C@@H](c2ccc(CC)cc2)C(=O)C1. The molecule has 2 rings (SSSR count). The number of aryl methyl sites for hydroxylation is 1. The van der Waals surface area contributed by atoms with Gasteiger partial charge in [-0.3, -0.25) is 4.79 Å². The Hall–Kier alpha value is -1.11. The molecule has 0 radical (unpaired) electrons. The minimum Gasteiger partial charge on any atom is -0.299 e. The van der Waals surface area contributed by atoms with Crippen LogP contribution in [0.2, 0.25) is 0 Å². The van der Waals surface area contributed by atoms with Crippen molar-refractivity contribution in [3.63, 3.8) is 0 Å². The lowest BCUT2D eigenvalue weighted by Gasteiger charge is -2.27. The smallest absolute Gasteiger partial charge is 0.140 e. The van der Waals surface area contributed by atoms with Crippen molar-refractivity contribution in [2.75, 3.05) is 0 Å². The van der Waals surface area contributed by atoms with E-state index in [0.717, 1.165) is 19.3 Å². The number of unbranched alkanes of at least 4 members (excludes halogenated alkanes) is 1. The van der Waals surface area contributed by atoms with Crippen LogP contribution in [-0.2, 0) is 11.2 Å². The Kier molecular flexibility index (Phi) is 5.18. The fourth-order valence-electron chi connectivity index (χ4n) is 3.17. The first kappa shape index (κ1) is 14.3. The van der Waals surface area contributed by atoms with Gasteiger partial charge in [0.15, 0.2) is 0 Å². The average Bonchev–Trinajstić information content (AvgIpc) is 2.45. The van der Waals surface area contributed by atoms with Crippen molar-refractivity contribution < 1.29 is 4.79 Å². The average molecular weight is 258 g/mol. The molecule has 0 amide bonds. The predicted molar refractivity (Wildman–Crippen MR) is 80.4 cm³/mol. The van der Waals surface area contributed by atoms with Gasteiger partial charge in [0, 0.05) is 12.3 Å². The van der Waals surface area contributed by atoms with Crippen molar-refractivity contribution in [1.82, 2.24) is 0 Å². The van der Waals surface area contributed by atoms with Crippen molar-refractivity contribution in [2.45, 2.75) is 64.7 Å². The second-order valence-corrected chi connectivity index (χ2v) is 5.90. The van der Waals surface area contributed by atoms with Crippen LogP contribution in [0.4, 0.5) is 0 Å². The maximum atomic E-state index is 12.3. The maximum Gasteiger partial charge on any atom is 0.140 e. The summed E-state index contributed by atoms with van der Waals surface area (Å²) in [6, 6.07) is 8.67. The van der Waals surface area contributed by atoms with E-state index in [1.54, 1.807) is 0 Å². The molecule has 1 aromatic carbocycles. The molecule has 1 fully saturated rings. The summed E-state index contributed by atoms with van der Waals surface area (Å²) in [6.45, 7) is 4.39. The fraction of sp³-hybridized carbons (Fsp3) is 0.611. The van der Waals surface area contributed by atoms with Crippen LogP contribution < -0.4 is 0 Å². The summed E-state index contributed by atoms with van der Waals surface area (Å²) in [5.41, 5.74) is 2.59. The first-order valence-electron chi connectivity index (χ1n) is 7.86. The summed E-state index contributed by atoms with van der Waals surface area (Å²) in [7, 11) is 0. The highest BCUT2D eigenvalue weighted by molar-refractivity contribution is 5.86. The summed E-state index contributed by atoms with van der Waals surface area (Å²) >= 11 is 0. The largest absolute Gasteiger partial charge is 0.299 e. The highest BCUT2D eigenvalue weighted by Gasteiger charge is 2.29. The highest BCUT2D eigenvalue weighted by Crippen LogP contribution is 2.35. The van der Waals surface area contributed by atoms with Crippen molar-refractivity contribution >= 4 is 5.78 Å². The van der Waals surface area contributed by atoms with Gasteiger partial charge in [0.1, 0.15) is 5.78 Å². The first-order valence-corrected chi connectivity index (χ1v) is 7.86. The third kappa shape index (κ3) is 3.68. The number of benzene rings is 1. The Morgan fingerprint density at radius 2 is 1.84 bits per heavy atom. The number of hydrogen-bond acceptors (Lipinski definition) is 1. The van der Waals surface area contributed by atoms with Gasteiger partial charge in [-0.25, -0.2) is 0 Å². The zero-order valence-electron chi connectivity index (χ0n) is 12.3. The number of rotatable bonds is 5. The van der Waals surface area contributed by atoms with Gasteiger partial charge in [0.25, 0.3) is 0 Å². The third-order valence-electron chi connectivity index (χ3n) is 4.50. The van der Waals surface area contributed by atoms with Crippen molar-refractivity contribution in [1.29, 1.82) is 0 Å². The number of hydrogen-bond donors (Lipinski definition) is 0. The first-order chi connectivity index (χ1) is 9.24. The van der Waals surface area contributed by atoms with Gasteiger partial charge in [-0.05, 0) is 36.3 Å². The molecule has 2 atom stereocenters. The minimum atomic E-state index is 0.170. The zero-order chi connectivity index (χ0) is 13.7. The molecular weight excluding hydrogens is 232 g/mol. The molecule has 1 aliphatic carbocycles. The second-order valence-electron chi connectivity index (χ2n) is 5.90. The lowest BCUT2D eigenvalue weighted by Crippen LogP contribution is -2.23. The lowest BCUT2D eigenvalue weighted by atomic mass is 9.76. The summed E-state index contributed by atoms with van der Waals surface area (Å²) in [6.07, 6.45) is 7.91. The Labute approximate surface area is 117 Å². The molecule has 0 spiro atoms. The molecule has 0 aliphatic heterocycles. The summed E-state index contributed by atoms with van der Waals surface area (Å²) in [4.78, 5) is 12.3. The number of ketones is 1. The third-order valence-corrected chi connectivity index (χ3v) is 4.50. The van der Waals surface area contributed by atoms with Crippen molar-refractivity contribution in [2.24, 2.45) is 5.92 Å². The Morgan fingerprint density at radius 3 is 2.42 bits per heavy atom. The van der Waals surface area contributed by atoms with Crippen LogP contribution in [0, 0.1) is 5.92 Å². The summed E-state index contributed by atoms with van der Waals surface area (Å²) < 4.78 is 0. The van der Waals surface area contributed by atoms with Gasteiger partial charge in [0.05, 0.1) is 0 Å². The van der Waals surface area contributed by atoms with E-state index >= 15 is 0 Å². The van der Waals surface area contributed by atoms with Gasteiger partial charge in [0.2, 0.25) is 0 Å². The van der Waals surface area contributed by atoms with E-state index < -0.39 is 0 Å². The van der Waals surface area contributed by atoms with E-state index in [9.17, 15) is 4.79 Å². The standard InChI is InChI=1S/C18H26O/c1-3-5-6-15-9-12-17(18(19)13-15)16-10-7-14(4-2)8-11-16/h7-8,10-11,15,17H,3-6,9,12-13H2,1-2H3/t15-,17+/m1/s1. The quantitative estimate of drug-likeness (QED) is 0.734. The van der Waals surface area contributed by atoms with Gasteiger partial charge in [-0.15, -0.1) is 0 Å². The van der Waals surface area contributed by atoms with E-state index in [2.05, 4.69) is 38.1 Å². The molecule has 0 heterocycles. The number of carbonyl (C=O) groups is 1. The van der Waals surface area contributed by atoms with Gasteiger partial charge in [-0.1, -0.05) is 57.4 Å². The molecule has 104 valence electrons. The van der Waals surface area contributed by atoms with Crippen molar-refractivity contribution in [3.05, 3.63) is 35.4 Å².